The molecule has 0 amide bonds. The van der Waals surface area contributed by atoms with Gasteiger partial charge in [-0.05, 0) is 6.42 Å². The molecule has 2 rings (SSSR count). The summed E-state index contributed by atoms with van der Waals surface area (Å²) in [4.78, 5) is 4.16. The summed E-state index contributed by atoms with van der Waals surface area (Å²) in [5, 5.41) is 0. The third-order valence-electron chi connectivity index (χ3n) is 1.83. The molecule has 2 atom stereocenters. The first-order valence-electron chi connectivity index (χ1n) is 3.29. The highest BCUT2D eigenvalue weighted by molar-refractivity contribution is 5.50. The predicted molar refractivity (Wildman–Crippen MR) is 35.5 cm³/mol. The maximum Gasteiger partial charge on any atom is 0.170 e. The van der Waals surface area contributed by atoms with E-state index in [0.29, 0.717) is 12.1 Å². The molecule has 0 fully saturated rings. The number of nitrogens with zero attached hydrogens (tertiary/aromatic N) is 1. The van der Waals surface area contributed by atoms with Gasteiger partial charge < -0.3 is 4.74 Å². The summed E-state index contributed by atoms with van der Waals surface area (Å²) in [6.45, 7) is 0. The van der Waals surface area contributed by atoms with E-state index in [-0.39, 0.29) is 0 Å². The molecule has 0 aromatic carbocycles. The molecule has 1 aliphatic carbocycles. The van der Waals surface area contributed by atoms with E-state index in [2.05, 4.69) is 17.1 Å². The van der Waals surface area contributed by atoms with Crippen LogP contribution in [0.25, 0.3) is 0 Å². The lowest BCUT2D eigenvalue weighted by atomic mass is 10.0. The van der Waals surface area contributed by atoms with Gasteiger partial charge in [-0.3, -0.25) is 4.99 Å². The van der Waals surface area contributed by atoms with Crippen LogP contribution in [0.4, 0.5) is 0 Å². The summed E-state index contributed by atoms with van der Waals surface area (Å²) < 4.78 is 5.21. The molecule has 1 aliphatic heterocycles. The Balaban J connectivity index is 2.13. The first-order valence-corrected chi connectivity index (χ1v) is 3.29. The highest BCUT2D eigenvalue weighted by atomic mass is 16.5. The van der Waals surface area contributed by atoms with Crippen molar-refractivity contribution in [3.05, 3.63) is 12.2 Å². The Hall–Kier alpha value is -0.790. The minimum absolute atomic E-state index is 0.356. The number of ether oxygens (including phenoxy) is 1. The fourth-order valence-electron chi connectivity index (χ4n) is 1.27. The lowest BCUT2D eigenvalue weighted by molar-refractivity contribution is 0.198. The van der Waals surface area contributed by atoms with E-state index in [1.807, 2.05) is 0 Å². The lowest BCUT2D eigenvalue weighted by Gasteiger charge is -2.16. The summed E-state index contributed by atoms with van der Waals surface area (Å²) >= 11 is 0. The first kappa shape index (κ1) is 5.03. The van der Waals surface area contributed by atoms with Gasteiger partial charge in [0.2, 0.25) is 0 Å². The Morgan fingerprint density at radius 3 is 3.11 bits per heavy atom. The van der Waals surface area contributed by atoms with Crippen LogP contribution in [0.5, 0.6) is 0 Å². The van der Waals surface area contributed by atoms with Crippen LogP contribution in [0, 0.1) is 0 Å². The molecule has 0 aromatic heterocycles. The molecule has 0 aromatic rings. The van der Waals surface area contributed by atoms with Gasteiger partial charge in [-0.25, -0.2) is 0 Å². The summed E-state index contributed by atoms with van der Waals surface area (Å²) in [6, 6.07) is 0.426. The number of rotatable bonds is 0. The Labute approximate surface area is 54.2 Å². The van der Waals surface area contributed by atoms with Gasteiger partial charge in [0.05, 0.1) is 6.04 Å². The highest BCUT2D eigenvalue weighted by Gasteiger charge is 2.25. The van der Waals surface area contributed by atoms with E-state index in [4.69, 9.17) is 4.74 Å². The van der Waals surface area contributed by atoms with E-state index in [1.54, 1.807) is 6.40 Å². The van der Waals surface area contributed by atoms with Crippen molar-refractivity contribution in [2.45, 2.75) is 25.0 Å². The summed E-state index contributed by atoms with van der Waals surface area (Å²) in [7, 11) is 0. The van der Waals surface area contributed by atoms with E-state index >= 15 is 0 Å². The zero-order valence-corrected chi connectivity index (χ0v) is 5.16. The third kappa shape index (κ3) is 0.745. The molecule has 9 heavy (non-hydrogen) atoms. The van der Waals surface area contributed by atoms with Crippen molar-refractivity contribution in [3.8, 4) is 0 Å². The zero-order valence-electron chi connectivity index (χ0n) is 5.16. The SMILES string of the molecule is C1=CCC2OC=NC2C1. The highest BCUT2D eigenvalue weighted by Crippen LogP contribution is 2.21. The molecule has 0 saturated heterocycles. The van der Waals surface area contributed by atoms with Crippen LogP contribution in [0.3, 0.4) is 0 Å². The smallest absolute Gasteiger partial charge is 0.170 e. The van der Waals surface area contributed by atoms with E-state index < -0.39 is 0 Å². The average molecular weight is 123 g/mol. The molecule has 0 saturated carbocycles. The maximum atomic E-state index is 5.21. The second kappa shape index (κ2) is 1.87. The molecule has 0 radical (unpaired) electrons. The van der Waals surface area contributed by atoms with Crippen molar-refractivity contribution in [2.24, 2.45) is 4.99 Å². The lowest BCUT2D eigenvalue weighted by Crippen LogP contribution is -2.22. The minimum atomic E-state index is 0.356. The largest absolute Gasteiger partial charge is 0.478 e. The van der Waals surface area contributed by atoms with Gasteiger partial charge in [-0.1, -0.05) is 12.2 Å². The molecule has 0 spiro atoms. The molecule has 48 valence electrons. The average Bonchev–Trinajstić information content (AvgIpc) is 2.33. The second-order valence-electron chi connectivity index (χ2n) is 2.44. The topological polar surface area (TPSA) is 21.6 Å². The van der Waals surface area contributed by atoms with Gasteiger partial charge in [-0.2, -0.15) is 0 Å². The number of fused-ring (bicyclic) bond motifs is 1. The normalized spacial score (nSPS) is 38.2. The Kier molecular flexibility index (Phi) is 1.04. The predicted octanol–water partition coefficient (Wildman–Crippen LogP) is 1.13. The number of hydrogen-bond donors (Lipinski definition) is 0. The fraction of sp³-hybridized carbons (Fsp3) is 0.571. The number of hydrogen-bond acceptors (Lipinski definition) is 2. The molecule has 2 nitrogen and oxygen atoms in total. The van der Waals surface area contributed by atoms with Gasteiger partial charge >= 0.3 is 0 Å². The van der Waals surface area contributed by atoms with Gasteiger partial charge in [0.25, 0.3) is 0 Å². The molecular weight excluding hydrogens is 114 g/mol. The van der Waals surface area contributed by atoms with E-state index in [0.717, 1.165) is 12.8 Å². The monoisotopic (exact) mass is 123 g/mol. The standard InChI is InChI=1S/C7H9NO/c1-2-4-7-6(3-1)8-5-9-7/h1-2,5-7H,3-4H2. The van der Waals surface area contributed by atoms with Crippen molar-refractivity contribution in [1.29, 1.82) is 0 Å². The van der Waals surface area contributed by atoms with E-state index in [9.17, 15) is 0 Å². The first-order chi connectivity index (χ1) is 4.47. The van der Waals surface area contributed by atoms with Crippen molar-refractivity contribution in [1.82, 2.24) is 0 Å². The molecule has 2 aliphatic rings. The van der Waals surface area contributed by atoms with Crippen molar-refractivity contribution < 1.29 is 4.74 Å². The van der Waals surface area contributed by atoms with Gasteiger partial charge in [0, 0.05) is 6.42 Å². The fourth-order valence-corrected chi connectivity index (χ4v) is 1.27. The van der Waals surface area contributed by atoms with Crippen LogP contribution >= 0.6 is 0 Å². The molecule has 1 heterocycles. The summed E-state index contributed by atoms with van der Waals surface area (Å²) in [5.74, 6) is 0. The van der Waals surface area contributed by atoms with Crippen molar-refractivity contribution >= 4 is 6.40 Å². The quantitative estimate of drug-likeness (QED) is 0.442. The summed E-state index contributed by atoms with van der Waals surface area (Å²) in [5.41, 5.74) is 0. The maximum absolute atomic E-state index is 5.21. The van der Waals surface area contributed by atoms with Crippen LogP contribution in [0.1, 0.15) is 12.8 Å². The Morgan fingerprint density at radius 2 is 2.22 bits per heavy atom. The molecule has 0 bridgehead atoms. The molecular formula is C7H9NO. The Bertz CT molecular complexity index is 162. The van der Waals surface area contributed by atoms with Gasteiger partial charge in [-0.15, -0.1) is 0 Å². The molecule has 2 heteroatoms. The third-order valence-corrected chi connectivity index (χ3v) is 1.83. The minimum Gasteiger partial charge on any atom is -0.478 e. The summed E-state index contributed by atoms with van der Waals surface area (Å²) in [6.07, 6.45) is 8.37. The van der Waals surface area contributed by atoms with Crippen molar-refractivity contribution in [3.63, 3.8) is 0 Å². The van der Waals surface area contributed by atoms with Crippen LogP contribution in [-0.4, -0.2) is 18.5 Å². The van der Waals surface area contributed by atoms with Gasteiger partial charge in [0.1, 0.15) is 6.10 Å². The number of aliphatic imine (C=N–C) groups is 1. The van der Waals surface area contributed by atoms with Crippen LogP contribution in [0.2, 0.25) is 0 Å². The second-order valence-corrected chi connectivity index (χ2v) is 2.44. The van der Waals surface area contributed by atoms with Crippen molar-refractivity contribution in [2.75, 3.05) is 0 Å². The van der Waals surface area contributed by atoms with Crippen LogP contribution in [-0.2, 0) is 4.74 Å². The van der Waals surface area contributed by atoms with Crippen LogP contribution in [0.15, 0.2) is 17.1 Å². The van der Waals surface area contributed by atoms with E-state index in [1.165, 1.54) is 0 Å². The molecule has 0 N–H and O–H groups in total. The van der Waals surface area contributed by atoms with Crippen LogP contribution < -0.4 is 0 Å². The Morgan fingerprint density at radius 1 is 1.33 bits per heavy atom. The zero-order chi connectivity index (χ0) is 6.10. The van der Waals surface area contributed by atoms with Gasteiger partial charge in [0.15, 0.2) is 6.40 Å². The molecule has 2 unspecified atom stereocenters.